The predicted molar refractivity (Wildman–Crippen MR) is 71.4 cm³/mol. The van der Waals surface area contributed by atoms with Gasteiger partial charge in [0.1, 0.15) is 5.75 Å². The third kappa shape index (κ3) is 4.91. The first-order valence-electron chi connectivity index (χ1n) is 5.97. The number of benzene rings is 1. The van der Waals surface area contributed by atoms with E-state index < -0.39 is 0 Å². The highest BCUT2D eigenvalue weighted by Gasteiger charge is 2.02. The van der Waals surface area contributed by atoms with Gasteiger partial charge in [-0.1, -0.05) is 6.08 Å². The number of anilines is 1. The van der Waals surface area contributed by atoms with E-state index in [0.717, 1.165) is 43.1 Å². The van der Waals surface area contributed by atoms with Crippen LogP contribution >= 0.6 is 0 Å². The maximum Gasteiger partial charge on any atom is 0.122 e. The van der Waals surface area contributed by atoms with Gasteiger partial charge in [0.25, 0.3) is 0 Å². The van der Waals surface area contributed by atoms with Crippen LogP contribution in [0.2, 0.25) is 0 Å². The van der Waals surface area contributed by atoms with Crippen LogP contribution in [0.4, 0.5) is 5.69 Å². The highest BCUT2D eigenvalue weighted by atomic mass is 16.5. The number of nitrogen functional groups attached to an aromatic ring is 1. The van der Waals surface area contributed by atoms with Crippen molar-refractivity contribution in [3.05, 3.63) is 36.4 Å². The van der Waals surface area contributed by atoms with Gasteiger partial charge in [-0.05, 0) is 37.1 Å². The summed E-state index contributed by atoms with van der Waals surface area (Å²) < 4.78 is 11.0. The number of rotatable bonds is 8. The van der Waals surface area contributed by atoms with Gasteiger partial charge in [-0.2, -0.15) is 0 Å². The number of ether oxygens (including phenoxy) is 2. The normalized spacial score (nSPS) is 10.2. The lowest BCUT2D eigenvalue weighted by Gasteiger charge is -2.11. The molecule has 94 valence electrons. The Morgan fingerprint density at radius 3 is 2.88 bits per heavy atom. The van der Waals surface area contributed by atoms with Crippen molar-refractivity contribution in [1.82, 2.24) is 0 Å². The summed E-state index contributed by atoms with van der Waals surface area (Å²) in [6.45, 7) is 7.87. The molecule has 0 saturated heterocycles. The van der Waals surface area contributed by atoms with Crippen LogP contribution in [0.5, 0.6) is 5.75 Å². The molecule has 0 heterocycles. The highest BCUT2D eigenvalue weighted by Crippen LogP contribution is 2.22. The first-order valence-corrected chi connectivity index (χ1v) is 5.97. The van der Waals surface area contributed by atoms with E-state index >= 15 is 0 Å². The van der Waals surface area contributed by atoms with Crippen LogP contribution in [0, 0.1) is 0 Å². The van der Waals surface area contributed by atoms with Gasteiger partial charge >= 0.3 is 0 Å². The zero-order chi connectivity index (χ0) is 12.5. The summed E-state index contributed by atoms with van der Waals surface area (Å²) in [5.74, 6) is 0.885. The standard InChI is InChI=1S/C14H21NO2/c1-3-6-12-11-13(15)7-8-14(12)17-10-5-9-16-4-2/h3,7-8,11H,1,4-6,9-10,15H2,2H3. The summed E-state index contributed by atoms with van der Waals surface area (Å²) in [7, 11) is 0. The summed E-state index contributed by atoms with van der Waals surface area (Å²) in [6, 6.07) is 5.69. The van der Waals surface area contributed by atoms with Crippen LogP contribution in [0.15, 0.2) is 30.9 Å². The number of nitrogens with two attached hydrogens (primary N) is 1. The van der Waals surface area contributed by atoms with Gasteiger partial charge in [-0.3, -0.25) is 0 Å². The largest absolute Gasteiger partial charge is 0.493 e. The molecule has 0 saturated carbocycles. The predicted octanol–water partition coefficient (Wildman–Crippen LogP) is 2.80. The fraction of sp³-hybridized carbons (Fsp3) is 0.429. The summed E-state index contributed by atoms with van der Waals surface area (Å²) in [5, 5.41) is 0. The van der Waals surface area contributed by atoms with E-state index in [1.165, 1.54) is 0 Å². The van der Waals surface area contributed by atoms with Crippen molar-refractivity contribution in [2.24, 2.45) is 0 Å². The minimum atomic E-state index is 0.661. The van der Waals surface area contributed by atoms with Crippen LogP contribution in [0.1, 0.15) is 18.9 Å². The van der Waals surface area contributed by atoms with E-state index in [1.54, 1.807) is 0 Å². The molecule has 0 unspecified atom stereocenters. The Morgan fingerprint density at radius 2 is 2.18 bits per heavy atom. The molecule has 0 spiro atoms. The molecule has 0 radical (unpaired) electrons. The molecule has 2 N–H and O–H groups in total. The van der Waals surface area contributed by atoms with Gasteiger partial charge in [0.05, 0.1) is 6.61 Å². The van der Waals surface area contributed by atoms with Crippen molar-refractivity contribution in [2.45, 2.75) is 19.8 Å². The molecular weight excluding hydrogens is 214 g/mol. The van der Waals surface area contributed by atoms with Crippen molar-refractivity contribution < 1.29 is 9.47 Å². The Balaban J connectivity index is 2.48. The zero-order valence-corrected chi connectivity index (χ0v) is 10.4. The first kappa shape index (κ1) is 13.6. The fourth-order valence-electron chi connectivity index (χ4n) is 1.54. The van der Waals surface area contributed by atoms with Crippen LogP contribution in [0.25, 0.3) is 0 Å². The van der Waals surface area contributed by atoms with Gasteiger partial charge in [-0.25, -0.2) is 0 Å². The van der Waals surface area contributed by atoms with E-state index in [9.17, 15) is 0 Å². The average Bonchev–Trinajstić information content (AvgIpc) is 2.32. The third-order valence-electron chi connectivity index (χ3n) is 2.34. The second kappa shape index (κ2) is 7.74. The minimum absolute atomic E-state index is 0.661. The second-order valence-corrected chi connectivity index (χ2v) is 3.76. The molecule has 3 nitrogen and oxygen atoms in total. The number of hydrogen-bond acceptors (Lipinski definition) is 3. The third-order valence-corrected chi connectivity index (χ3v) is 2.34. The Morgan fingerprint density at radius 1 is 1.35 bits per heavy atom. The average molecular weight is 235 g/mol. The Hall–Kier alpha value is -1.48. The molecule has 0 amide bonds. The molecule has 1 rings (SSSR count). The molecule has 3 heteroatoms. The Bertz CT molecular complexity index is 350. The quantitative estimate of drug-likeness (QED) is 0.428. The van der Waals surface area contributed by atoms with Gasteiger partial charge in [0.15, 0.2) is 0 Å². The van der Waals surface area contributed by atoms with Gasteiger partial charge in [-0.15, -0.1) is 6.58 Å². The molecule has 1 aromatic rings. The maximum atomic E-state index is 5.74. The second-order valence-electron chi connectivity index (χ2n) is 3.76. The molecule has 0 aliphatic carbocycles. The van der Waals surface area contributed by atoms with E-state index in [0.29, 0.717) is 6.61 Å². The maximum absolute atomic E-state index is 5.74. The summed E-state index contributed by atoms with van der Waals surface area (Å²) in [5.41, 5.74) is 7.58. The fourth-order valence-corrected chi connectivity index (χ4v) is 1.54. The summed E-state index contributed by atoms with van der Waals surface area (Å²) >= 11 is 0. The Kier molecular flexibility index (Phi) is 6.18. The van der Waals surface area contributed by atoms with Crippen LogP contribution in [-0.4, -0.2) is 19.8 Å². The molecule has 0 aliphatic rings. The molecule has 0 atom stereocenters. The summed E-state index contributed by atoms with van der Waals surface area (Å²) in [4.78, 5) is 0. The lowest BCUT2D eigenvalue weighted by atomic mass is 10.1. The molecule has 1 aromatic carbocycles. The molecule has 0 bridgehead atoms. The van der Waals surface area contributed by atoms with Gasteiger partial charge in [0.2, 0.25) is 0 Å². The molecule has 0 fully saturated rings. The molecule has 17 heavy (non-hydrogen) atoms. The minimum Gasteiger partial charge on any atom is -0.493 e. The lowest BCUT2D eigenvalue weighted by molar-refractivity contribution is 0.130. The molecular formula is C14H21NO2. The molecule has 0 aromatic heterocycles. The topological polar surface area (TPSA) is 44.5 Å². The monoisotopic (exact) mass is 235 g/mol. The Labute approximate surface area is 103 Å². The van der Waals surface area contributed by atoms with Crippen molar-refractivity contribution in [1.29, 1.82) is 0 Å². The van der Waals surface area contributed by atoms with Gasteiger partial charge in [0, 0.05) is 25.3 Å². The van der Waals surface area contributed by atoms with Crippen molar-refractivity contribution >= 4 is 5.69 Å². The number of hydrogen-bond donors (Lipinski definition) is 1. The van der Waals surface area contributed by atoms with E-state index in [-0.39, 0.29) is 0 Å². The van der Waals surface area contributed by atoms with Crippen LogP contribution in [-0.2, 0) is 11.2 Å². The zero-order valence-electron chi connectivity index (χ0n) is 10.4. The van der Waals surface area contributed by atoms with E-state index in [1.807, 2.05) is 31.2 Å². The SMILES string of the molecule is C=CCc1cc(N)ccc1OCCCOCC. The van der Waals surface area contributed by atoms with Crippen LogP contribution < -0.4 is 10.5 Å². The van der Waals surface area contributed by atoms with Crippen molar-refractivity contribution in [3.8, 4) is 5.75 Å². The van der Waals surface area contributed by atoms with E-state index in [4.69, 9.17) is 15.2 Å². The molecule has 0 aliphatic heterocycles. The highest BCUT2D eigenvalue weighted by molar-refractivity contribution is 5.48. The van der Waals surface area contributed by atoms with Gasteiger partial charge < -0.3 is 15.2 Å². The lowest BCUT2D eigenvalue weighted by Crippen LogP contribution is -2.04. The van der Waals surface area contributed by atoms with E-state index in [2.05, 4.69) is 6.58 Å². The smallest absolute Gasteiger partial charge is 0.122 e. The first-order chi connectivity index (χ1) is 8.27. The van der Waals surface area contributed by atoms with Crippen LogP contribution in [0.3, 0.4) is 0 Å². The van der Waals surface area contributed by atoms with Crippen molar-refractivity contribution in [3.63, 3.8) is 0 Å². The number of allylic oxidation sites excluding steroid dienone is 1. The van der Waals surface area contributed by atoms with Crippen molar-refractivity contribution in [2.75, 3.05) is 25.6 Å². The summed E-state index contributed by atoms with van der Waals surface area (Å²) in [6.07, 6.45) is 3.51.